The number of pyridine rings is 1. The summed E-state index contributed by atoms with van der Waals surface area (Å²) in [6.07, 6.45) is 1.79. The van der Waals surface area contributed by atoms with E-state index in [0.29, 0.717) is 11.1 Å². The Morgan fingerprint density at radius 1 is 1.04 bits per heavy atom. The summed E-state index contributed by atoms with van der Waals surface area (Å²) in [5.41, 5.74) is 3.08. The van der Waals surface area contributed by atoms with Crippen LogP contribution in [0.3, 0.4) is 0 Å². The summed E-state index contributed by atoms with van der Waals surface area (Å²) >= 11 is 0. The maximum absolute atomic E-state index is 12.3. The largest absolute Gasteiger partial charge is 0.317 e. The summed E-state index contributed by atoms with van der Waals surface area (Å²) < 4.78 is 28.0. The molecule has 0 fully saturated rings. The molecule has 27 heavy (non-hydrogen) atoms. The summed E-state index contributed by atoms with van der Waals surface area (Å²) in [7, 11) is -1.64. The van der Waals surface area contributed by atoms with E-state index in [1.165, 1.54) is 0 Å². The number of nitrogens with one attached hydrogen (secondary N) is 1. The molecule has 0 spiro atoms. The van der Waals surface area contributed by atoms with Crippen molar-refractivity contribution in [2.45, 2.75) is 27.7 Å². The molecule has 0 unspecified atom stereocenters. The summed E-state index contributed by atoms with van der Waals surface area (Å²) in [5, 5.41) is 1.48. The number of sulfonamides is 1. The lowest BCUT2D eigenvalue weighted by molar-refractivity contribution is 0.602. The number of aryl methyl sites for hydroxylation is 2. The fourth-order valence-corrected chi connectivity index (χ4v) is 3.48. The summed E-state index contributed by atoms with van der Waals surface area (Å²) in [5.74, 6) is 0.0133. The fraction of sp³-hybridized carbons (Fsp3) is 0.286. The number of nitrogens with zero attached hydrogens (tertiary/aromatic N) is 1. The van der Waals surface area contributed by atoms with E-state index >= 15 is 0 Å². The average molecular weight is 387 g/mol. The number of hydrogen-bond donors (Lipinski definition) is 1. The minimum absolute atomic E-state index is 0.0133. The predicted molar refractivity (Wildman–Crippen MR) is 114 cm³/mol. The SMILES string of the molecule is CC.CCS(=O)(=O)Nc1cc(-c2cn(C)c(=O)c3ccccc23)ccc1C. The van der Waals surface area contributed by atoms with E-state index in [4.69, 9.17) is 0 Å². The zero-order valence-electron chi connectivity index (χ0n) is 16.4. The standard InChI is InChI=1S/C19H20N2O3S.C2H6/c1-4-25(23,24)20-18-11-14(10-9-13(18)2)17-12-21(3)19(22)16-8-6-5-7-15(16)17;1-2/h5-12,20H,4H2,1-3H3;1-2H3. The number of aromatic nitrogens is 1. The lowest BCUT2D eigenvalue weighted by atomic mass is 9.99. The highest BCUT2D eigenvalue weighted by molar-refractivity contribution is 7.92. The Kier molecular flexibility index (Phi) is 6.44. The average Bonchev–Trinajstić information content (AvgIpc) is 2.68. The number of fused-ring (bicyclic) bond motifs is 1. The zero-order valence-corrected chi connectivity index (χ0v) is 17.2. The van der Waals surface area contributed by atoms with Crippen molar-refractivity contribution in [1.82, 2.24) is 4.57 Å². The van der Waals surface area contributed by atoms with Gasteiger partial charge in [0.15, 0.2) is 0 Å². The van der Waals surface area contributed by atoms with E-state index in [2.05, 4.69) is 4.72 Å². The van der Waals surface area contributed by atoms with Crippen molar-refractivity contribution in [3.05, 3.63) is 64.6 Å². The maximum atomic E-state index is 12.3. The van der Waals surface area contributed by atoms with Gasteiger partial charge in [-0.2, -0.15) is 0 Å². The van der Waals surface area contributed by atoms with Crippen LogP contribution >= 0.6 is 0 Å². The Balaban J connectivity index is 0.00000126. The van der Waals surface area contributed by atoms with E-state index < -0.39 is 10.0 Å². The molecule has 0 amide bonds. The fourth-order valence-electron chi connectivity index (χ4n) is 2.79. The Bertz CT molecular complexity index is 1120. The van der Waals surface area contributed by atoms with Gasteiger partial charge in [0.1, 0.15) is 0 Å². The number of hydrogen-bond acceptors (Lipinski definition) is 3. The van der Waals surface area contributed by atoms with Crippen LogP contribution in [0.1, 0.15) is 26.3 Å². The van der Waals surface area contributed by atoms with Gasteiger partial charge in [0.25, 0.3) is 5.56 Å². The van der Waals surface area contributed by atoms with E-state index in [0.717, 1.165) is 22.1 Å². The molecular weight excluding hydrogens is 360 g/mol. The third kappa shape index (κ3) is 4.39. The normalized spacial score (nSPS) is 11.0. The van der Waals surface area contributed by atoms with Crippen molar-refractivity contribution < 1.29 is 8.42 Å². The van der Waals surface area contributed by atoms with Crippen molar-refractivity contribution in [2.75, 3.05) is 10.5 Å². The monoisotopic (exact) mass is 386 g/mol. The molecule has 0 radical (unpaired) electrons. The third-order valence-electron chi connectivity index (χ3n) is 4.28. The van der Waals surface area contributed by atoms with E-state index in [1.807, 2.05) is 57.2 Å². The van der Waals surface area contributed by atoms with E-state index in [-0.39, 0.29) is 11.3 Å². The van der Waals surface area contributed by atoms with Crippen LogP contribution < -0.4 is 10.3 Å². The first-order chi connectivity index (χ1) is 12.8. The molecular formula is C21H26N2O3S. The molecule has 0 saturated carbocycles. The first-order valence-corrected chi connectivity index (χ1v) is 10.7. The highest BCUT2D eigenvalue weighted by atomic mass is 32.2. The molecule has 3 rings (SSSR count). The molecule has 1 aromatic heterocycles. The molecule has 5 nitrogen and oxygen atoms in total. The van der Waals surface area contributed by atoms with Crippen LogP contribution in [0.15, 0.2) is 53.5 Å². The topological polar surface area (TPSA) is 68.2 Å². The molecule has 0 atom stereocenters. The smallest absolute Gasteiger partial charge is 0.258 e. The van der Waals surface area contributed by atoms with Gasteiger partial charge in [-0.3, -0.25) is 9.52 Å². The Morgan fingerprint density at radius 3 is 2.30 bits per heavy atom. The lowest BCUT2D eigenvalue weighted by Gasteiger charge is -2.14. The highest BCUT2D eigenvalue weighted by Gasteiger charge is 2.13. The van der Waals surface area contributed by atoms with Crippen LogP contribution in [0, 0.1) is 6.92 Å². The molecule has 1 heterocycles. The van der Waals surface area contributed by atoms with Crippen molar-refractivity contribution in [3.8, 4) is 11.1 Å². The highest BCUT2D eigenvalue weighted by Crippen LogP contribution is 2.30. The summed E-state index contributed by atoms with van der Waals surface area (Å²) in [6.45, 7) is 7.46. The van der Waals surface area contributed by atoms with Crippen LogP contribution in [0.25, 0.3) is 21.9 Å². The molecule has 3 aromatic rings. The number of rotatable bonds is 4. The quantitative estimate of drug-likeness (QED) is 0.727. The van der Waals surface area contributed by atoms with Gasteiger partial charge in [-0.1, -0.05) is 44.2 Å². The molecule has 0 aliphatic rings. The van der Waals surface area contributed by atoms with Crippen LogP contribution in [-0.4, -0.2) is 18.7 Å². The molecule has 1 N–H and O–H groups in total. The Hall–Kier alpha value is -2.60. The molecule has 0 aliphatic carbocycles. The van der Waals surface area contributed by atoms with Gasteiger partial charge >= 0.3 is 0 Å². The van der Waals surface area contributed by atoms with Gasteiger partial charge in [-0.15, -0.1) is 0 Å². The van der Waals surface area contributed by atoms with E-state index in [1.54, 1.807) is 30.8 Å². The first-order valence-electron chi connectivity index (χ1n) is 9.02. The first kappa shape index (κ1) is 20.7. The van der Waals surface area contributed by atoms with Gasteiger partial charge in [0, 0.05) is 24.2 Å². The van der Waals surface area contributed by atoms with Crippen LogP contribution in [0.2, 0.25) is 0 Å². The molecule has 144 valence electrons. The lowest BCUT2D eigenvalue weighted by Crippen LogP contribution is -2.17. The summed E-state index contributed by atoms with van der Waals surface area (Å²) in [6, 6.07) is 13.1. The zero-order chi connectivity index (χ0) is 20.2. The van der Waals surface area contributed by atoms with Crippen molar-refractivity contribution >= 4 is 26.5 Å². The Morgan fingerprint density at radius 2 is 1.67 bits per heavy atom. The second-order valence-electron chi connectivity index (χ2n) is 6.04. The second kappa shape index (κ2) is 8.39. The molecule has 0 saturated heterocycles. The molecule has 0 aliphatic heterocycles. The second-order valence-corrected chi connectivity index (χ2v) is 8.05. The van der Waals surface area contributed by atoms with E-state index in [9.17, 15) is 13.2 Å². The van der Waals surface area contributed by atoms with Gasteiger partial charge in [-0.05, 0) is 42.5 Å². The minimum Gasteiger partial charge on any atom is -0.317 e. The predicted octanol–water partition coefficient (Wildman–Crippen LogP) is 4.30. The number of benzene rings is 2. The third-order valence-corrected chi connectivity index (χ3v) is 5.58. The van der Waals surface area contributed by atoms with Crippen molar-refractivity contribution in [2.24, 2.45) is 7.05 Å². The van der Waals surface area contributed by atoms with Gasteiger partial charge in [0.05, 0.1) is 11.4 Å². The van der Waals surface area contributed by atoms with Crippen molar-refractivity contribution in [1.29, 1.82) is 0 Å². The van der Waals surface area contributed by atoms with Crippen molar-refractivity contribution in [3.63, 3.8) is 0 Å². The summed E-state index contributed by atoms with van der Waals surface area (Å²) in [4.78, 5) is 12.3. The number of anilines is 1. The van der Waals surface area contributed by atoms with Gasteiger partial charge < -0.3 is 4.57 Å². The van der Waals surface area contributed by atoms with Crippen LogP contribution in [0.5, 0.6) is 0 Å². The molecule has 0 bridgehead atoms. The minimum atomic E-state index is -3.36. The van der Waals surface area contributed by atoms with Crippen LogP contribution in [-0.2, 0) is 17.1 Å². The van der Waals surface area contributed by atoms with Crippen LogP contribution in [0.4, 0.5) is 5.69 Å². The Labute approximate surface area is 160 Å². The maximum Gasteiger partial charge on any atom is 0.258 e. The van der Waals surface area contributed by atoms with Gasteiger partial charge in [-0.25, -0.2) is 8.42 Å². The molecule has 2 aromatic carbocycles. The van der Waals surface area contributed by atoms with Gasteiger partial charge in [0.2, 0.25) is 10.0 Å². The molecule has 6 heteroatoms.